The first-order valence-corrected chi connectivity index (χ1v) is 44.6. The number of ether oxygens (including phenoxy) is 3. The van der Waals surface area contributed by atoms with Crippen molar-refractivity contribution in [3.8, 4) is 18.0 Å². The molecule has 0 amide bonds. The first-order valence-electron chi connectivity index (χ1n) is 41.2. The highest BCUT2D eigenvalue weighted by Gasteiger charge is 2.11. The first kappa shape index (κ1) is 87.5. The lowest BCUT2D eigenvalue weighted by atomic mass is 10.0. The molecule has 1 rings (SSSR count). The molecule has 6 nitrogen and oxygen atoms in total. The highest BCUT2D eigenvalue weighted by Crippen LogP contribution is 2.22. The summed E-state index contributed by atoms with van der Waals surface area (Å²) in [5.41, 5.74) is 0. The largest absolute Gasteiger partial charge is 0.463 e. The predicted octanol–water partition coefficient (Wildman–Crippen LogP) is 29.0. The highest BCUT2D eigenvalue weighted by molar-refractivity contribution is 7.99. The Morgan fingerprint density at radius 3 is 0.433 bits per heavy atom. The van der Waals surface area contributed by atoms with Crippen molar-refractivity contribution in [3.05, 3.63) is 0 Å². The summed E-state index contributed by atoms with van der Waals surface area (Å²) in [4.78, 5) is 13.7. The molecule has 0 spiro atoms. The molecule has 0 unspecified atom stereocenters. The average Bonchev–Trinajstić information content (AvgIpc) is 3.76. The lowest BCUT2D eigenvalue weighted by molar-refractivity contribution is 0.236. The molecule has 0 fully saturated rings. The maximum atomic E-state index is 6.12. The summed E-state index contributed by atoms with van der Waals surface area (Å²) >= 11 is 6.19. The van der Waals surface area contributed by atoms with Gasteiger partial charge in [0.25, 0.3) is 0 Å². The van der Waals surface area contributed by atoms with Gasteiger partial charge in [0.1, 0.15) is 0 Å². The van der Waals surface area contributed by atoms with Crippen LogP contribution in [-0.2, 0) is 0 Å². The molecular formula is C81H159N3O3S3. The van der Waals surface area contributed by atoms with Crippen molar-refractivity contribution in [1.29, 1.82) is 0 Å². The third-order valence-electron chi connectivity index (χ3n) is 18.7. The number of hydrogen-bond acceptors (Lipinski definition) is 9. The Balaban J connectivity index is 2.19. The lowest BCUT2D eigenvalue weighted by Crippen LogP contribution is -2.10. The van der Waals surface area contributed by atoms with Gasteiger partial charge in [-0.25, -0.2) is 0 Å². The summed E-state index contributed by atoms with van der Waals surface area (Å²) in [5.74, 6) is 7.05. The number of aromatic nitrogens is 3. The molecule has 0 radical (unpaired) electrons. The summed E-state index contributed by atoms with van der Waals surface area (Å²) in [7, 11) is 0. The van der Waals surface area contributed by atoms with Gasteiger partial charge in [0, 0.05) is 0 Å². The van der Waals surface area contributed by atoms with E-state index in [0.29, 0.717) is 37.9 Å². The van der Waals surface area contributed by atoms with Crippen LogP contribution in [-0.4, -0.2) is 69.3 Å². The van der Waals surface area contributed by atoms with Crippen molar-refractivity contribution in [2.45, 2.75) is 445 Å². The van der Waals surface area contributed by atoms with Gasteiger partial charge in [-0.05, 0) is 73.0 Å². The quantitative estimate of drug-likeness (QED) is 0.0594. The Bertz CT molecular complexity index is 1280. The second kappa shape index (κ2) is 79.2. The molecule has 0 aliphatic rings. The smallest absolute Gasteiger partial charge is 0.325 e. The molecule has 0 bridgehead atoms. The van der Waals surface area contributed by atoms with Crippen molar-refractivity contribution in [1.82, 2.24) is 15.0 Å². The summed E-state index contributed by atoms with van der Waals surface area (Å²) in [5, 5.41) is 0. The lowest BCUT2D eigenvalue weighted by Gasteiger charge is -2.10. The number of hydrogen-bond donors (Lipinski definition) is 0. The van der Waals surface area contributed by atoms with Crippen molar-refractivity contribution >= 4 is 35.3 Å². The van der Waals surface area contributed by atoms with Crippen LogP contribution in [0.4, 0.5) is 0 Å². The summed E-state index contributed by atoms with van der Waals surface area (Å²) in [6.07, 6.45) is 93.5. The van der Waals surface area contributed by atoms with Gasteiger partial charge in [-0.2, -0.15) is 35.3 Å². The van der Waals surface area contributed by atoms with Crippen LogP contribution < -0.4 is 14.2 Å². The Kier molecular flexibility index (Phi) is 76.9. The molecule has 0 saturated carbocycles. The third kappa shape index (κ3) is 71.7. The first-order chi connectivity index (χ1) is 44.8. The van der Waals surface area contributed by atoms with Crippen LogP contribution in [0.25, 0.3) is 0 Å². The minimum atomic E-state index is 0.331. The Hall–Kier alpha value is -0.540. The van der Waals surface area contributed by atoms with E-state index in [2.05, 4.69) is 71.0 Å². The fourth-order valence-corrected chi connectivity index (χ4v) is 15.5. The van der Waals surface area contributed by atoms with Crippen molar-refractivity contribution in [2.75, 3.05) is 54.3 Å². The Morgan fingerprint density at radius 2 is 0.289 bits per heavy atom. The van der Waals surface area contributed by atoms with E-state index in [-0.39, 0.29) is 0 Å². The molecule has 0 aromatic carbocycles. The van der Waals surface area contributed by atoms with Crippen LogP contribution in [0.1, 0.15) is 445 Å². The molecule has 1 aromatic heterocycles. The third-order valence-corrected chi connectivity index (χ3v) is 22.2. The number of nitrogens with zero attached hydrogens (tertiary/aromatic N) is 3. The van der Waals surface area contributed by atoms with Crippen LogP contribution in [0.5, 0.6) is 18.0 Å². The van der Waals surface area contributed by atoms with Crippen molar-refractivity contribution in [3.63, 3.8) is 0 Å². The normalized spacial score (nSPS) is 11.6. The van der Waals surface area contributed by atoms with Crippen LogP contribution in [0.2, 0.25) is 0 Å². The number of thioether (sulfide) groups is 3. The fourth-order valence-electron chi connectivity index (χ4n) is 12.7. The zero-order chi connectivity index (χ0) is 64.1. The van der Waals surface area contributed by atoms with Gasteiger partial charge in [-0.15, -0.1) is 15.0 Å². The number of rotatable bonds is 81. The van der Waals surface area contributed by atoms with Gasteiger partial charge >= 0.3 is 18.0 Å². The molecule has 0 N–H and O–H groups in total. The second-order valence-electron chi connectivity index (χ2n) is 27.8. The van der Waals surface area contributed by atoms with E-state index in [1.54, 1.807) is 0 Å². The SMILES string of the molecule is CCCCCCCCCCCCCCCCCCCCCCCSCCCOc1nc(OCCCSCCCCCCCCCCCCCCCCCCCCCCC)nc(OCCCSCCCCCCCCCCCCCCCCCCCCCCC)n1. The van der Waals surface area contributed by atoms with Crippen LogP contribution in [0.15, 0.2) is 0 Å². The van der Waals surface area contributed by atoms with Crippen LogP contribution >= 0.6 is 35.3 Å². The topological polar surface area (TPSA) is 66.4 Å². The fraction of sp³-hybridized carbons (Fsp3) is 0.963. The molecule has 0 saturated heterocycles. The molecule has 90 heavy (non-hydrogen) atoms. The Morgan fingerprint density at radius 1 is 0.167 bits per heavy atom. The van der Waals surface area contributed by atoms with Gasteiger partial charge in [0.05, 0.1) is 19.8 Å². The molecule has 534 valence electrons. The Labute approximate surface area is 577 Å². The van der Waals surface area contributed by atoms with E-state index in [1.807, 2.05) is 0 Å². The van der Waals surface area contributed by atoms with Crippen LogP contribution in [0, 0.1) is 0 Å². The summed E-state index contributed by atoms with van der Waals surface area (Å²) in [6, 6.07) is 0.994. The van der Waals surface area contributed by atoms with Gasteiger partial charge in [0.2, 0.25) is 0 Å². The van der Waals surface area contributed by atoms with Gasteiger partial charge < -0.3 is 14.2 Å². The molecule has 0 atom stereocenters. The van der Waals surface area contributed by atoms with E-state index in [9.17, 15) is 0 Å². The van der Waals surface area contributed by atoms with E-state index >= 15 is 0 Å². The van der Waals surface area contributed by atoms with Crippen LogP contribution in [0.3, 0.4) is 0 Å². The van der Waals surface area contributed by atoms with Gasteiger partial charge in [-0.3, -0.25) is 0 Å². The van der Waals surface area contributed by atoms with E-state index in [1.165, 1.54) is 422 Å². The summed E-state index contributed by atoms with van der Waals surface area (Å²) in [6.45, 7) is 8.73. The second-order valence-corrected chi connectivity index (χ2v) is 31.5. The number of unbranched alkanes of at least 4 members (excludes halogenated alkanes) is 60. The molecular weight excluding hydrogens is 1160 g/mol. The van der Waals surface area contributed by atoms with E-state index in [0.717, 1.165) is 36.5 Å². The van der Waals surface area contributed by atoms with E-state index < -0.39 is 0 Å². The monoisotopic (exact) mass is 1320 g/mol. The predicted molar refractivity (Wildman–Crippen MR) is 410 cm³/mol. The molecule has 0 aliphatic carbocycles. The average molecular weight is 1320 g/mol. The maximum absolute atomic E-state index is 6.12. The molecule has 1 heterocycles. The van der Waals surface area contributed by atoms with E-state index in [4.69, 9.17) is 14.2 Å². The minimum Gasteiger partial charge on any atom is -0.463 e. The zero-order valence-electron chi connectivity index (χ0n) is 61.3. The highest BCUT2D eigenvalue weighted by atomic mass is 32.2. The maximum Gasteiger partial charge on any atom is 0.325 e. The standard InChI is InChI=1S/C81H159N3O3S3/c1-4-7-10-13-16-19-22-25-28-31-34-37-40-43-46-49-52-55-58-61-64-73-88-76-67-70-85-79-82-80(86-71-68-77-89-74-65-62-59-56-53-50-47-44-41-38-35-32-29-26-23-20-17-14-11-8-5-2)84-81(83-79)87-72-69-78-90-75-66-63-60-57-54-51-48-45-42-39-36-33-30-27-24-21-18-15-12-9-6-3/h4-78H2,1-3H3. The zero-order valence-corrected chi connectivity index (χ0v) is 63.8. The summed E-state index contributed by atoms with van der Waals surface area (Å²) < 4.78 is 18.4. The van der Waals surface area contributed by atoms with Gasteiger partial charge in [0.15, 0.2) is 0 Å². The molecule has 0 aliphatic heterocycles. The minimum absolute atomic E-state index is 0.331. The molecule has 9 heteroatoms. The van der Waals surface area contributed by atoms with Crippen molar-refractivity contribution < 1.29 is 14.2 Å². The van der Waals surface area contributed by atoms with Gasteiger partial charge in [-0.1, -0.05) is 406 Å². The molecule has 1 aromatic rings. The van der Waals surface area contributed by atoms with Crippen molar-refractivity contribution in [2.24, 2.45) is 0 Å².